The van der Waals surface area contributed by atoms with E-state index in [-0.39, 0.29) is 19.0 Å². The number of carbonyl (C=O) groups is 2. The van der Waals surface area contributed by atoms with Crippen LogP contribution in [0.3, 0.4) is 0 Å². The molecule has 1 fully saturated rings. The zero-order valence-electron chi connectivity index (χ0n) is 12.7. The number of amides is 1. The van der Waals surface area contributed by atoms with Crippen molar-refractivity contribution in [2.75, 3.05) is 13.1 Å². The van der Waals surface area contributed by atoms with Crippen molar-refractivity contribution in [2.24, 2.45) is 5.92 Å². The maximum absolute atomic E-state index is 12.2. The Bertz CT molecular complexity index is 725. The Morgan fingerprint density at radius 1 is 1.30 bits per heavy atom. The van der Waals surface area contributed by atoms with Crippen molar-refractivity contribution in [3.05, 3.63) is 29.8 Å². The Balaban J connectivity index is 1.64. The van der Waals surface area contributed by atoms with Gasteiger partial charge < -0.3 is 10.0 Å². The number of aryl methyl sites for hydroxylation is 1. The molecule has 3 rings (SSSR count). The number of hydrogen-bond donors (Lipinski definition) is 1. The van der Waals surface area contributed by atoms with Crippen LogP contribution in [0, 0.1) is 12.8 Å². The molecule has 1 aromatic heterocycles. The van der Waals surface area contributed by atoms with Crippen molar-refractivity contribution in [2.45, 2.75) is 19.9 Å². The van der Waals surface area contributed by atoms with Gasteiger partial charge in [0.1, 0.15) is 6.54 Å². The topological polar surface area (TPSA) is 101 Å². The van der Waals surface area contributed by atoms with E-state index in [4.69, 9.17) is 5.11 Å². The summed E-state index contributed by atoms with van der Waals surface area (Å²) in [5.74, 6) is -1.07. The summed E-state index contributed by atoms with van der Waals surface area (Å²) in [5.41, 5.74) is 1.97. The number of benzene rings is 1. The third-order valence-electron chi connectivity index (χ3n) is 3.93. The van der Waals surface area contributed by atoms with Crippen LogP contribution in [0.5, 0.6) is 0 Å². The number of aliphatic carboxylic acids is 1. The molecular formula is C15H17N5O3. The smallest absolute Gasteiger partial charge is 0.308 e. The Hall–Kier alpha value is -2.77. The van der Waals surface area contributed by atoms with Crippen LogP contribution in [-0.4, -0.2) is 55.2 Å². The monoisotopic (exact) mass is 315 g/mol. The molecule has 1 aliphatic rings. The summed E-state index contributed by atoms with van der Waals surface area (Å²) >= 11 is 0. The number of carboxylic acid groups (broad SMARTS) is 1. The molecule has 1 N–H and O–H groups in total. The van der Waals surface area contributed by atoms with Gasteiger partial charge in [0.05, 0.1) is 5.92 Å². The van der Waals surface area contributed by atoms with Gasteiger partial charge in [-0.2, -0.15) is 4.80 Å². The van der Waals surface area contributed by atoms with E-state index < -0.39 is 11.9 Å². The molecule has 0 unspecified atom stereocenters. The van der Waals surface area contributed by atoms with E-state index in [1.54, 1.807) is 0 Å². The van der Waals surface area contributed by atoms with Gasteiger partial charge >= 0.3 is 5.97 Å². The number of carboxylic acids is 1. The minimum absolute atomic E-state index is 0.0365. The molecule has 0 spiro atoms. The number of rotatable bonds is 4. The van der Waals surface area contributed by atoms with Crippen molar-refractivity contribution >= 4 is 11.9 Å². The maximum Gasteiger partial charge on any atom is 0.308 e. The van der Waals surface area contributed by atoms with Gasteiger partial charge in [-0.05, 0) is 18.6 Å². The number of likely N-dealkylation sites (tertiary alicyclic amines) is 1. The van der Waals surface area contributed by atoms with E-state index in [9.17, 15) is 9.59 Å². The number of nitrogens with zero attached hydrogens (tertiary/aromatic N) is 5. The van der Waals surface area contributed by atoms with Crippen molar-refractivity contribution in [3.63, 3.8) is 0 Å². The highest BCUT2D eigenvalue weighted by Gasteiger charge is 2.31. The predicted molar refractivity (Wildman–Crippen MR) is 80.3 cm³/mol. The fraction of sp³-hybridized carbons (Fsp3) is 0.400. The highest BCUT2D eigenvalue weighted by Crippen LogP contribution is 2.17. The number of carbonyl (C=O) groups excluding carboxylic acids is 1. The first-order chi connectivity index (χ1) is 11.0. The SMILES string of the molecule is Cc1ccc(-c2nnn(CC(=O)N3CC[C@@H](C(=O)O)C3)n2)cc1. The van der Waals surface area contributed by atoms with E-state index in [0.717, 1.165) is 11.1 Å². The fourth-order valence-corrected chi connectivity index (χ4v) is 2.54. The summed E-state index contributed by atoms with van der Waals surface area (Å²) in [7, 11) is 0. The molecule has 120 valence electrons. The first kappa shape index (κ1) is 15.1. The van der Waals surface area contributed by atoms with E-state index in [1.165, 1.54) is 9.70 Å². The molecule has 8 nitrogen and oxygen atoms in total. The van der Waals surface area contributed by atoms with Crippen LogP contribution in [0.4, 0.5) is 0 Å². The van der Waals surface area contributed by atoms with Gasteiger partial charge in [-0.15, -0.1) is 10.2 Å². The lowest BCUT2D eigenvalue weighted by atomic mass is 10.1. The molecule has 0 radical (unpaired) electrons. The molecular weight excluding hydrogens is 298 g/mol. The molecule has 0 aliphatic carbocycles. The molecule has 23 heavy (non-hydrogen) atoms. The summed E-state index contributed by atoms with van der Waals surface area (Å²) in [6.07, 6.45) is 0.487. The van der Waals surface area contributed by atoms with E-state index >= 15 is 0 Å². The van der Waals surface area contributed by atoms with Crippen LogP contribution >= 0.6 is 0 Å². The third kappa shape index (κ3) is 3.36. The standard InChI is InChI=1S/C15H17N5O3/c1-10-2-4-11(5-3-10)14-16-18-20(17-14)9-13(21)19-7-6-12(8-19)15(22)23/h2-5,12H,6-9H2,1H3,(H,22,23)/t12-/m1/s1. The summed E-state index contributed by atoms with van der Waals surface area (Å²) in [6.45, 7) is 2.65. The van der Waals surface area contributed by atoms with Gasteiger partial charge in [0.2, 0.25) is 11.7 Å². The molecule has 1 aromatic carbocycles. The van der Waals surface area contributed by atoms with E-state index in [1.807, 2.05) is 31.2 Å². The second-order valence-corrected chi connectivity index (χ2v) is 5.67. The number of aromatic nitrogens is 4. The van der Waals surface area contributed by atoms with Gasteiger partial charge in [-0.1, -0.05) is 29.8 Å². The van der Waals surface area contributed by atoms with Crippen molar-refractivity contribution < 1.29 is 14.7 Å². The second-order valence-electron chi connectivity index (χ2n) is 5.67. The largest absolute Gasteiger partial charge is 0.481 e. The Labute approximate surface area is 132 Å². The Kier molecular flexibility index (Phi) is 4.05. The molecule has 0 bridgehead atoms. The molecule has 2 heterocycles. The summed E-state index contributed by atoms with van der Waals surface area (Å²) in [4.78, 5) is 25.9. The Morgan fingerprint density at radius 2 is 2.04 bits per heavy atom. The highest BCUT2D eigenvalue weighted by molar-refractivity contribution is 5.78. The Morgan fingerprint density at radius 3 is 2.70 bits per heavy atom. The van der Waals surface area contributed by atoms with Gasteiger partial charge in [-0.25, -0.2) is 0 Å². The third-order valence-corrected chi connectivity index (χ3v) is 3.93. The van der Waals surface area contributed by atoms with E-state index in [0.29, 0.717) is 18.8 Å². The lowest BCUT2D eigenvalue weighted by molar-refractivity contribution is -0.141. The minimum atomic E-state index is -0.860. The zero-order chi connectivity index (χ0) is 16.4. The van der Waals surface area contributed by atoms with Gasteiger partial charge in [-0.3, -0.25) is 9.59 Å². The molecule has 1 amide bonds. The van der Waals surface area contributed by atoms with Crippen LogP contribution < -0.4 is 0 Å². The average Bonchev–Trinajstić information content (AvgIpc) is 3.17. The summed E-state index contributed by atoms with van der Waals surface area (Å²) in [5, 5.41) is 21.0. The number of tetrazole rings is 1. The van der Waals surface area contributed by atoms with Gasteiger partial charge in [0.25, 0.3) is 0 Å². The first-order valence-corrected chi connectivity index (χ1v) is 7.38. The second kappa shape index (κ2) is 6.15. The van der Waals surface area contributed by atoms with Crippen LogP contribution in [0.2, 0.25) is 0 Å². The fourth-order valence-electron chi connectivity index (χ4n) is 2.54. The van der Waals surface area contributed by atoms with Crippen LogP contribution in [0.15, 0.2) is 24.3 Å². The highest BCUT2D eigenvalue weighted by atomic mass is 16.4. The quantitative estimate of drug-likeness (QED) is 0.885. The minimum Gasteiger partial charge on any atom is -0.481 e. The van der Waals surface area contributed by atoms with Crippen LogP contribution in [0.25, 0.3) is 11.4 Å². The van der Waals surface area contributed by atoms with Crippen molar-refractivity contribution in [1.82, 2.24) is 25.1 Å². The normalized spacial score (nSPS) is 17.4. The molecule has 1 atom stereocenters. The lowest BCUT2D eigenvalue weighted by Gasteiger charge is -2.14. The van der Waals surface area contributed by atoms with Gasteiger partial charge in [0.15, 0.2) is 0 Å². The predicted octanol–water partition coefficient (Wildman–Crippen LogP) is 0.582. The number of hydrogen-bond acceptors (Lipinski definition) is 5. The first-order valence-electron chi connectivity index (χ1n) is 7.38. The van der Waals surface area contributed by atoms with Crippen molar-refractivity contribution in [3.8, 4) is 11.4 Å². The molecule has 2 aromatic rings. The van der Waals surface area contributed by atoms with Crippen LogP contribution in [-0.2, 0) is 16.1 Å². The summed E-state index contributed by atoms with van der Waals surface area (Å²) in [6, 6.07) is 7.71. The van der Waals surface area contributed by atoms with Crippen molar-refractivity contribution in [1.29, 1.82) is 0 Å². The molecule has 8 heteroatoms. The molecule has 0 saturated carbocycles. The maximum atomic E-state index is 12.2. The average molecular weight is 315 g/mol. The van der Waals surface area contributed by atoms with Crippen LogP contribution in [0.1, 0.15) is 12.0 Å². The van der Waals surface area contributed by atoms with E-state index in [2.05, 4.69) is 15.4 Å². The molecule has 1 saturated heterocycles. The summed E-state index contributed by atoms with van der Waals surface area (Å²) < 4.78 is 0. The lowest BCUT2D eigenvalue weighted by Crippen LogP contribution is -2.33. The zero-order valence-corrected chi connectivity index (χ0v) is 12.7. The van der Waals surface area contributed by atoms with Gasteiger partial charge in [0, 0.05) is 18.7 Å². The molecule has 1 aliphatic heterocycles.